The molecule has 0 spiro atoms. The lowest BCUT2D eigenvalue weighted by molar-refractivity contribution is -0.137. The summed E-state index contributed by atoms with van der Waals surface area (Å²) < 4.78 is 48.6. The van der Waals surface area contributed by atoms with Gasteiger partial charge in [-0.1, -0.05) is 35.9 Å². The number of nitrogens with zero attached hydrogens (tertiary/aromatic N) is 2. The average molecular weight is 467 g/mol. The van der Waals surface area contributed by atoms with Gasteiger partial charge in [0.15, 0.2) is 0 Å². The minimum atomic E-state index is -4.51. The summed E-state index contributed by atoms with van der Waals surface area (Å²) >= 11 is 7.38. The first-order valence-corrected chi connectivity index (χ1v) is 10.7. The van der Waals surface area contributed by atoms with Crippen molar-refractivity contribution in [3.05, 3.63) is 65.2 Å². The molecule has 1 aliphatic rings. The normalized spacial score (nSPS) is 16.3. The number of hydrogen-bond acceptors (Lipinski definition) is 6. The molecular weight excluding hydrogens is 449 g/mol. The van der Waals surface area contributed by atoms with Crippen LogP contribution in [0.15, 0.2) is 59.6 Å². The van der Waals surface area contributed by atoms with Gasteiger partial charge < -0.3 is 14.8 Å². The third kappa shape index (κ3) is 5.41. The van der Waals surface area contributed by atoms with Gasteiger partial charge in [-0.2, -0.15) is 13.2 Å². The van der Waals surface area contributed by atoms with Gasteiger partial charge in [0, 0.05) is 24.1 Å². The number of halogens is 4. The van der Waals surface area contributed by atoms with Crippen molar-refractivity contribution in [3.63, 3.8) is 0 Å². The highest BCUT2D eigenvalue weighted by molar-refractivity contribution is 8.00. The zero-order valence-electron chi connectivity index (χ0n) is 16.1. The van der Waals surface area contributed by atoms with Gasteiger partial charge in [0.2, 0.25) is 0 Å². The van der Waals surface area contributed by atoms with Crippen LogP contribution in [0, 0.1) is 0 Å². The van der Waals surface area contributed by atoms with Crippen molar-refractivity contribution in [3.8, 4) is 11.3 Å². The van der Waals surface area contributed by atoms with Gasteiger partial charge in [-0.15, -0.1) is 0 Å². The Morgan fingerprint density at radius 2 is 1.84 bits per heavy atom. The second kappa shape index (κ2) is 9.33. The van der Waals surface area contributed by atoms with E-state index in [0.717, 1.165) is 24.9 Å². The zero-order chi connectivity index (χ0) is 21.8. The van der Waals surface area contributed by atoms with Crippen LogP contribution in [0.25, 0.3) is 11.3 Å². The number of aromatic nitrogens is 2. The predicted molar refractivity (Wildman–Crippen MR) is 116 cm³/mol. The first kappa shape index (κ1) is 21.7. The zero-order valence-corrected chi connectivity index (χ0v) is 17.7. The molecular formula is C21H18ClF3N4OS. The second-order valence-corrected chi connectivity index (χ2v) is 8.07. The molecule has 1 unspecified atom stereocenters. The third-order valence-electron chi connectivity index (χ3n) is 4.60. The monoisotopic (exact) mass is 466 g/mol. The van der Waals surface area contributed by atoms with Crippen molar-refractivity contribution < 1.29 is 17.9 Å². The van der Waals surface area contributed by atoms with Gasteiger partial charge in [0.25, 0.3) is 0 Å². The molecule has 1 saturated heterocycles. The molecule has 1 atom stereocenters. The van der Waals surface area contributed by atoms with E-state index in [4.69, 9.17) is 16.3 Å². The molecule has 31 heavy (non-hydrogen) atoms. The Labute approximate surface area is 186 Å². The largest absolute Gasteiger partial charge is 0.417 e. The molecule has 0 aliphatic carbocycles. The molecule has 0 radical (unpaired) electrons. The van der Waals surface area contributed by atoms with Crippen molar-refractivity contribution >= 4 is 35.2 Å². The van der Waals surface area contributed by atoms with E-state index < -0.39 is 11.7 Å². The molecule has 3 aromatic rings. The Hall–Kier alpha value is -2.49. The molecule has 2 aromatic heterocycles. The van der Waals surface area contributed by atoms with E-state index in [1.807, 2.05) is 18.2 Å². The molecule has 0 amide bonds. The van der Waals surface area contributed by atoms with Crippen LogP contribution >= 0.6 is 23.5 Å². The number of alkyl halides is 3. The van der Waals surface area contributed by atoms with Crippen LogP contribution in [-0.4, -0.2) is 29.2 Å². The maximum Gasteiger partial charge on any atom is 0.417 e. The van der Waals surface area contributed by atoms with E-state index in [2.05, 4.69) is 20.0 Å². The average Bonchev–Trinajstić information content (AvgIpc) is 3.26. The lowest BCUT2D eigenvalue weighted by Crippen LogP contribution is -2.19. The van der Waals surface area contributed by atoms with E-state index in [9.17, 15) is 13.2 Å². The maximum absolute atomic E-state index is 13.4. The molecule has 1 aromatic carbocycles. The number of benzene rings is 1. The number of nitrogens with one attached hydrogen (secondary N) is 2. The highest BCUT2D eigenvalue weighted by Crippen LogP contribution is 2.39. The fourth-order valence-corrected chi connectivity index (χ4v) is 3.96. The Kier molecular flexibility index (Phi) is 6.54. The van der Waals surface area contributed by atoms with Crippen LogP contribution in [0.2, 0.25) is 5.02 Å². The predicted octanol–water partition coefficient (Wildman–Crippen LogP) is 6.14. The number of anilines is 2. The SMILES string of the molecule is FC(F)(F)c1ccccc1-c1nc(NSc2cccc(NC3CCOC3)n2)ccc1Cl. The van der Waals surface area contributed by atoms with Crippen molar-refractivity contribution in [2.75, 3.05) is 23.3 Å². The van der Waals surface area contributed by atoms with Gasteiger partial charge in [0.1, 0.15) is 16.7 Å². The standard InChI is InChI=1S/C21H18ClF3N4OS/c22-16-8-9-18(28-20(16)14-4-1-2-5-15(14)21(23,24)25)29-31-19-7-3-6-17(27-19)26-13-10-11-30-12-13/h1-9,13H,10-12H2,(H,26,27)(H,28,29). The van der Waals surface area contributed by atoms with Gasteiger partial charge in [-0.05, 0) is 36.8 Å². The minimum absolute atomic E-state index is 0.0600. The molecule has 1 aliphatic heterocycles. The summed E-state index contributed by atoms with van der Waals surface area (Å²) in [5, 5.41) is 4.13. The molecule has 3 heterocycles. The summed E-state index contributed by atoms with van der Waals surface area (Å²) in [5.74, 6) is 1.09. The number of rotatable bonds is 6. The molecule has 4 rings (SSSR count). The molecule has 2 N–H and O–H groups in total. The fourth-order valence-electron chi connectivity index (χ4n) is 3.14. The summed E-state index contributed by atoms with van der Waals surface area (Å²) in [6.07, 6.45) is -3.59. The van der Waals surface area contributed by atoms with Gasteiger partial charge >= 0.3 is 6.18 Å². The van der Waals surface area contributed by atoms with E-state index in [0.29, 0.717) is 17.5 Å². The molecule has 0 bridgehead atoms. The molecule has 162 valence electrons. The van der Waals surface area contributed by atoms with Crippen LogP contribution in [-0.2, 0) is 10.9 Å². The first-order chi connectivity index (χ1) is 14.9. The van der Waals surface area contributed by atoms with Crippen LogP contribution in [0.3, 0.4) is 0 Å². The highest BCUT2D eigenvalue weighted by atomic mass is 35.5. The first-order valence-electron chi connectivity index (χ1n) is 9.47. The summed E-state index contributed by atoms with van der Waals surface area (Å²) in [5.41, 5.74) is -0.799. The van der Waals surface area contributed by atoms with Gasteiger partial charge in [0.05, 0.1) is 28.9 Å². The van der Waals surface area contributed by atoms with E-state index in [1.54, 1.807) is 6.07 Å². The Balaban J connectivity index is 1.51. The molecule has 1 fully saturated rings. The summed E-state index contributed by atoms with van der Waals surface area (Å²) in [4.78, 5) is 8.84. The summed E-state index contributed by atoms with van der Waals surface area (Å²) in [6.45, 7) is 1.38. The van der Waals surface area contributed by atoms with Crippen molar-refractivity contribution in [2.24, 2.45) is 0 Å². The molecule has 10 heteroatoms. The quantitative estimate of drug-likeness (QED) is 0.426. The number of ether oxygens (including phenoxy) is 1. The smallest absolute Gasteiger partial charge is 0.379 e. The topological polar surface area (TPSA) is 59.1 Å². The lowest BCUT2D eigenvalue weighted by Gasteiger charge is -2.14. The minimum Gasteiger partial charge on any atom is -0.379 e. The van der Waals surface area contributed by atoms with E-state index in [1.165, 1.54) is 36.2 Å². The number of pyridine rings is 2. The van der Waals surface area contributed by atoms with Crippen LogP contribution in [0.1, 0.15) is 12.0 Å². The van der Waals surface area contributed by atoms with Crippen molar-refractivity contribution in [2.45, 2.75) is 23.7 Å². The highest BCUT2D eigenvalue weighted by Gasteiger charge is 2.34. The van der Waals surface area contributed by atoms with Gasteiger partial charge in [-0.3, -0.25) is 0 Å². The van der Waals surface area contributed by atoms with Crippen molar-refractivity contribution in [1.29, 1.82) is 0 Å². The van der Waals surface area contributed by atoms with Crippen LogP contribution in [0.5, 0.6) is 0 Å². The van der Waals surface area contributed by atoms with E-state index >= 15 is 0 Å². The Bertz CT molecular complexity index is 1060. The summed E-state index contributed by atoms with van der Waals surface area (Å²) in [7, 11) is 0. The van der Waals surface area contributed by atoms with Crippen LogP contribution < -0.4 is 10.0 Å². The maximum atomic E-state index is 13.4. The van der Waals surface area contributed by atoms with Gasteiger partial charge in [-0.25, -0.2) is 9.97 Å². The lowest BCUT2D eigenvalue weighted by atomic mass is 10.0. The third-order valence-corrected chi connectivity index (χ3v) is 5.65. The van der Waals surface area contributed by atoms with Crippen LogP contribution in [0.4, 0.5) is 24.8 Å². The van der Waals surface area contributed by atoms with Crippen molar-refractivity contribution in [1.82, 2.24) is 9.97 Å². The Morgan fingerprint density at radius 1 is 1.00 bits per heavy atom. The fraction of sp³-hybridized carbons (Fsp3) is 0.238. The molecule has 5 nitrogen and oxygen atoms in total. The second-order valence-electron chi connectivity index (χ2n) is 6.84. The Morgan fingerprint density at radius 3 is 2.61 bits per heavy atom. The summed E-state index contributed by atoms with van der Waals surface area (Å²) in [6, 6.07) is 14.2. The molecule has 0 saturated carbocycles. The van der Waals surface area contributed by atoms with E-state index in [-0.39, 0.29) is 22.3 Å². The number of hydrogen-bond donors (Lipinski definition) is 2.